The monoisotopic (exact) mass is 982 g/mol. The van der Waals surface area contributed by atoms with E-state index in [9.17, 15) is 61.0 Å². The van der Waals surface area contributed by atoms with Crippen LogP contribution in [0.2, 0.25) is 0 Å². The Labute approximate surface area is 404 Å². The lowest BCUT2D eigenvalue weighted by molar-refractivity contribution is -0.379. The van der Waals surface area contributed by atoms with Crippen molar-refractivity contribution in [2.45, 2.75) is 266 Å². The highest BCUT2D eigenvalue weighted by molar-refractivity contribution is 5.76. The molecule has 0 radical (unpaired) electrons. The second-order valence-corrected chi connectivity index (χ2v) is 19.0. The molecule has 1 amide bonds. The quantitative estimate of drug-likeness (QED) is 0.0315. The van der Waals surface area contributed by atoms with Gasteiger partial charge in [-0.15, -0.1) is 0 Å². The molecule has 19 heteroatoms. The lowest BCUT2D eigenvalue weighted by Crippen LogP contribution is -2.66. The molecule has 0 aromatic carbocycles. The minimum absolute atomic E-state index is 0.237. The summed E-state index contributed by atoms with van der Waals surface area (Å²) < 4.78 is 34.0. The van der Waals surface area contributed by atoms with Gasteiger partial charge in [-0.05, 0) is 19.3 Å². The van der Waals surface area contributed by atoms with Gasteiger partial charge in [0.05, 0.1) is 38.6 Å². The molecule has 0 spiro atoms. The van der Waals surface area contributed by atoms with Gasteiger partial charge in [0.15, 0.2) is 18.9 Å². The van der Waals surface area contributed by atoms with Crippen molar-refractivity contribution in [1.29, 1.82) is 0 Å². The SMILES string of the molecule is CCCCCCCCCCCCCCCCCCC/C=C/C(O)C(COC1OC(CO)C(OC2OC(CO)C(OC3OC(CO)C(O)C(O)C3O)C(O)C2O)C(O)C1O)NC(=O)CCCCCC. The molecule has 0 bridgehead atoms. The lowest BCUT2D eigenvalue weighted by Gasteiger charge is -2.48. The molecule has 3 aliphatic heterocycles. The summed E-state index contributed by atoms with van der Waals surface area (Å²) >= 11 is 0. The van der Waals surface area contributed by atoms with Gasteiger partial charge in [0.1, 0.15) is 73.2 Å². The molecule has 17 unspecified atom stereocenters. The molecule has 0 aromatic rings. The van der Waals surface area contributed by atoms with Crippen molar-refractivity contribution in [2.24, 2.45) is 0 Å². The van der Waals surface area contributed by atoms with Crippen LogP contribution < -0.4 is 5.32 Å². The first-order valence-corrected chi connectivity index (χ1v) is 25.9. The van der Waals surface area contributed by atoms with Gasteiger partial charge >= 0.3 is 0 Å². The summed E-state index contributed by atoms with van der Waals surface area (Å²) in [4.78, 5) is 13.0. The summed E-state index contributed by atoms with van der Waals surface area (Å²) in [5.41, 5.74) is 0. The Morgan fingerprint density at radius 3 is 1.38 bits per heavy atom. The van der Waals surface area contributed by atoms with E-state index < -0.39 is 124 Å². The number of carbonyl (C=O) groups excluding carboxylic acids is 1. The van der Waals surface area contributed by atoms with Crippen LogP contribution in [0.25, 0.3) is 0 Å². The van der Waals surface area contributed by atoms with Crippen LogP contribution in [0.1, 0.15) is 162 Å². The van der Waals surface area contributed by atoms with E-state index in [0.717, 1.165) is 44.9 Å². The first-order valence-electron chi connectivity index (χ1n) is 25.9. The minimum Gasteiger partial charge on any atom is -0.394 e. The summed E-state index contributed by atoms with van der Waals surface area (Å²) in [6, 6.07) is -0.962. The average molecular weight is 982 g/mol. The Bertz CT molecular complexity index is 1310. The molecule has 0 aliphatic carbocycles. The predicted octanol–water partition coefficient (Wildman–Crippen LogP) is 1.87. The molecule has 3 rings (SSSR count). The molecule has 17 atom stereocenters. The number of unbranched alkanes of at least 4 members (excludes halogenated alkanes) is 20. The van der Waals surface area contributed by atoms with E-state index >= 15 is 0 Å². The molecule has 68 heavy (non-hydrogen) atoms. The fourth-order valence-electron chi connectivity index (χ4n) is 8.95. The van der Waals surface area contributed by atoms with Crippen LogP contribution in [0.5, 0.6) is 0 Å². The fourth-order valence-corrected chi connectivity index (χ4v) is 8.95. The number of amides is 1. The second kappa shape index (κ2) is 34.8. The topological polar surface area (TPSA) is 307 Å². The molecule has 12 N–H and O–H groups in total. The molecular formula is C49H91NO18. The van der Waals surface area contributed by atoms with Gasteiger partial charge < -0.3 is 89.9 Å². The van der Waals surface area contributed by atoms with Crippen LogP contribution in [0.15, 0.2) is 12.2 Å². The van der Waals surface area contributed by atoms with Crippen molar-refractivity contribution in [3.8, 4) is 0 Å². The number of allylic oxidation sites excluding steroid dienone is 1. The lowest BCUT2D eigenvalue weighted by atomic mass is 9.96. The summed E-state index contributed by atoms with van der Waals surface area (Å²) in [5, 5.41) is 119. The van der Waals surface area contributed by atoms with Crippen molar-refractivity contribution in [3.63, 3.8) is 0 Å². The number of hydrogen-bond donors (Lipinski definition) is 12. The number of rotatable bonds is 36. The minimum atomic E-state index is -1.97. The number of aliphatic hydroxyl groups is 11. The number of ether oxygens (including phenoxy) is 6. The number of carbonyl (C=O) groups is 1. The van der Waals surface area contributed by atoms with Crippen LogP contribution in [-0.4, -0.2) is 193 Å². The van der Waals surface area contributed by atoms with Crippen LogP contribution in [0.4, 0.5) is 0 Å². The third kappa shape index (κ3) is 20.6. The average Bonchev–Trinajstić information content (AvgIpc) is 3.33. The van der Waals surface area contributed by atoms with Gasteiger partial charge in [0.25, 0.3) is 0 Å². The number of hydrogen-bond acceptors (Lipinski definition) is 18. The number of aliphatic hydroxyl groups excluding tert-OH is 11. The Morgan fingerprint density at radius 1 is 0.515 bits per heavy atom. The highest BCUT2D eigenvalue weighted by atomic mass is 16.8. The predicted molar refractivity (Wildman–Crippen MR) is 250 cm³/mol. The Kier molecular flexibility index (Phi) is 31.1. The third-order valence-corrected chi connectivity index (χ3v) is 13.3. The van der Waals surface area contributed by atoms with E-state index in [4.69, 9.17) is 28.4 Å². The molecule has 3 aliphatic rings. The molecule has 0 aromatic heterocycles. The van der Waals surface area contributed by atoms with E-state index in [1.165, 1.54) is 89.9 Å². The van der Waals surface area contributed by atoms with E-state index in [1.807, 2.05) is 6.08 Å². The van der Waals surface area contributed by atoms with E-state index in [-0.39, 0.29) is 18.9 Å². The molecule has 0 saturated carbocycles. The van der Waals surface area contributed by atoms with Crippen LogP contribution >= 0.6 is 0 Å². The van der Waals surface area contributed by atoms with Gasteiger partial charge in [0, 0.05) is 6.42 Å². The highest BCUT2D eigenvalue weighted by Crippen LogP contribution is 2.33. The van der Waals surface area contributed by atoms with Crippen molar-refractivity contribution < 1.29 is 89.4 Å². The summed E-state index contributed by atoms with van der Waals surface area (Å²) in [6.45, 7) is 1.56. The maximum atomic E-state index is 13.0. The van der Waals surface area contributed by atoms with Crippen molar-refractivity contribution >= 4 is 5.91 Å². The maximum absolute atomic E-state index is 13.0. The molecular weight excluding hydrogens is 891 g/mol. The standard InChI is InChI=1S/C49H91NO18/c1-3-5-7-9-10-11-12-13-14-15-16-17-18-19-20-21-22-23-24-26-33(54)32(50-37(55)27-25-8-6-4-2)31-63-47-43(61)40(58)45(35(29-52)65-47)68-49-44(62)41(59)46(36(30-53)66-49)67-48-42(60)39(57)38(56)34(28-51)64-48/h24,26,32-36,38-49,51-54,56-62H,3-23,25,27-31H2,1-2H3,(H,50,55)/b26-24+. The first kappa shape index (κ1) is 60.8. The zero-order chi connectivity index (χ0) is 49.8. The Morgan fingerprint density at radius 2 is 0.912 bits per heavy atom. The van der Waals surface area contributed by atoms with Gasteiger partial charge in [-0.2, -0.15) is 0 Å². The van der Waals surface area contributed by atoms with Crippen LogP contribution in [0.3, 0.4) is 0 Å². The van der Waals surface area contributed by atoms with Gasteiger partial charge in [-0.1, -0.05) is 148 Å². The summed E-state index contributed by atoms with van der Waals surface area (Å²) in [5.74, 6) is -0.294. The third-order valence-electron chi connectivity index (χ3n) is 13.3. The van der Waals surface area contributed by atoms with Crippen molar-refractivity contribution in [2.75, 3.05) is 26.4 Å². The maximum Gasteiger partial charge on any atom is 0.220 e. The Balaban J connectivity index is 1.48. The highest BCUT2D eigenvalue weighted by Gasteiger charge is 2.53. The van der Waals surface area contributed by atoms with Gasteiger partial charge in [-0.25, -0.2) is 0 Å². The molecule has 3 fully saturated rings. The van der Waals surface area contributed by atoms with E-state index in [1.54, 1.807) is 6.08 Å². The van der Waals surface area contributed by atoms with E-state index in [0.29, 0.717) is 6.42 Å². The molecule has 3 saturated heterocycles. The zero-order valence-electron chi connectivity index (χ0n) is 40.8. The van der Waals surface area contributed by atoms with Gasteiger partial charge in [-0.3, -0.25) is 4.79 Å². The van der Waals surface area contributed by atoms with Crippen molar-refractivity contribution in [3.05, 3.63) is 12.2 Å². The largest absolute Gasteiger partial charge is 0.394 e. The van der Waals surface area contributed by atoms with Crippen molar-refractivity contribution in [1.82, 2.24) is 5.32 Å². The molecule has 19 nitrogen and oxygen atoms in total. The Hall–Kier alpha value is -1.47. The summed E-state index contributed by atoms with van der Waals surface area (Å²) in [6.07, 6.45) is 3.02. The van der Waals surface area contributed by atoms with Crippen LogP contribution in [0, 0.1) is 0 Å². The van der Waals surface area contributed by atoms with Gasteiger partial charge in [0.2, 0.25) is 5.91 Å². The first-order chi connectivity index (χ1) is 32.8. The molecule has 3 heterocycles. The summed E-state index contributed by atoms with van der Waals surface area (Å²) in [7, 11) is 0. The second-order valence-electron chi connectivity index (χ2n) is 19.0. The zero-order valence-corrected chi connectivity index (χ0v) is 40.8. The smallest absolute Gasteiger partial charge is 0.220 e. The normalized spacial score (nSPS) is 33.2. The fraction of sp³-hybridized carbons (Fsp3) is 0.939. The van der Waals surface area contributed by atoms with E-state index in [2.05, 4.69) is 19.2 Å². The van der Waals surface area contributed by atoms with Crippen LogP contribution in [-0.2, 0) is 33.2 Å². The molecule has 400 valence electrons. The number of nitrogens with one attached hydrogen (secondary N) is 1.